The maximum absolute atomic E-state index is 10.9. The summed E-state index contributed by atoms with van der Waals surface area (Å²) in [6.45, 7) is 0. The van der Waals surface area contributed by atoms with Crippen molar-refractivity contribution in [3.8, 4) is 5.82 Å². The number of rotatable bonds is 3. The van der Waals surface area contributed by atoms with Gasteiger partial charge >= 0.3 is 0 Å². The maximum atomic E-state index is 10.9. The zero-order chi connectivity index (χ0) is 12.4. The fraction of sp³-hybridized carbons (Fsp3) is 0. The van der Waals surface area contributed by atoms with Crippen LogP contribution in [0.4, 0.5) is 0 Å². The third kappa shape index (κ3) is 2.28. The number of amides is 1. The monoisotopic (exact) mass is 247 g/mol. The minimum absolute atomic E-state index is 0.203. The van der Waals surface area contributed by atoms with Crippen molar-refractivity contribution in [3.63, 3.8) is 0 Å². The molecule has 86 valence electrons. The predicted octanol–water partition coefficient (Wildman–Crippen LogP) is 0.000400. The summed E-state index contributed by atoms with van der Waals surface area (Å²) in [7, 11) is 0. The van der Waals surface area contributed by atoms with Gasteiger partial charge in [-0.2, -0.15) is 5.10 Å². The van der Waals surface area contributed by atoms with Crippen molar-refractivity contribution in [1.29, 1.82) is 0 Å². The average Bonchev–Trinajstić information content (AvgIpc) is 2.78. The molecule has 0 spiro atoms. The lowest BCUT2D eigenvalue weighted by atomic mass is 10.3. The molecule has 0 aromatic carbocycles. The Morgan fingerprint density at radius 2 is 2.12 bits per heavy atom. The van der Waals surface area contributed by atoms with Gasteiger partial charge in [0.25, 0.3) is 5.91 Å². The van der Waals surface area contributed by atoms with E-state index < -0.39 is 5.91 Å². The van der Waals surface area contributed by atoms with E-state index in [1.165, 1.54) is 17.1 Å². The molecule has 0 radical (unpaired) electrons. The Morgan fingerprint density at radius 3 is 2.71 bits per heavy atom. The second kappa shape index (κ2) is 4.30. The molecule has 0 aliphatic heterocycles. The largest absolute Gasteiger partial charge is 0.388 e. The number of primary amides is 1. The van der Waals surface area contributed by atoms with Crippen LogP contribution in [0.1, 0.15) is 16.1 Å². The third-order valence-electron chi connectivity index (χ3n) is 2.09. The van der Waals surface area contributed by atoms with Crippen LogP contribution in [0.15, 0.2) is 30.6 Å². The Hall–Kier alpha value is -2.28. The van der Waals surface area contributed by atoms with E-state index in [0.717, 1.165) is 0 Å². The fourth-order valence-electron chi connectivity index (χ4n) is 1.26. The van der Waals surface area contributed by atoms with E-state index in [2.05, 4.69) is 10.1 Å². The van der Waals surface area contributed by atoms with Gasteiger partial charge in [-0.1, -0.05) is 18.3 Å². The summed E-state index contributed by atoms with van der Waals surface area (Å²) in [4.78, 5) is 15.3. The quantitative estimate of drug-likeness (QED) is 0.744. The summed E-state index contributed by atoms with van der Waals surface area (Å²) in [6.07, 6.45) is 2.87. The molecule has 0 aliphatic carbocycles. The van der Waals surface area contributed by atoms with Crippen molar-refractivity contribution in [2.24, 2.45) is 11.5 Å². The maximum Gasteiger partial charge on any atom is 0.251 e. The molecule has 1 amide bonds. The number of hydrogen-bond acceptors (Lipinski definition) is 4. The Morgan fingerprint density at radius 1 is 1.35 bits per heavy atom. The lowest BCUT2D eigenvalue weighted by molar-refractivity contribution is 0.100. The first-order valence-electron chi connectivity index (χ1n) is 4.69. The van der Waals surface area contributed by atoms with Crippen molar-refractivity contribution in [2.75, 3.05) is 0 Å². The molecule has 2 rings (SSSR count). The molecule has 0 aliphatic rings. The molecule has 0 fully saturated rings. The summed E-state index contributed by atoms with van der Waals surface area (Å²) in [5.41, 5.74) is 11.4. The highest BCUT2D eigenvalue weighted by molar-refractivity contribution is 7.80. The zero-order valence-corrected chi connectivity index (χ0v) is 9.52. The van der Waals surface area contributed by atoms with E-state index in [1.54, 1.807) is 18.2 Å². The van der Waals surface area contributed by atoms with Crippen LogP contribution in [-0.2, 0) is 0 Å². The zero-order valence-electron chi connectivity index (χ0n) is 8.70. The fourth-order valence-corrected chi connectivity index (χ4v) is 1.38. The van der Waals surface area contributed by atoms with Crippen LogP contribution in [0.3, 0.4) is 0 Å². The molecule has 2 aromatic rings. The molecule has 2 heterocycles. The molecule has 7 heteroatoms. The Balaban J connectivity index is 2.42. The van der Waals surface area contributed by atoms with E-state index in [4.69, 9.17) is 23.7 Å². The van der Waals surface area contributed by atoms with Crippen LogP contribution >= 0.6 is 12.2 Å². The van der Waals surface area contributed by atoms with Gasteiger partial charge in [0.1, 0.15) is 4.99 Å². The molecular formula is C10H9N5OS. The molecule has 0 bridgehead atoms. The number of hydrogen-bond donors (Lipinski definition) is 2. The highest BCUT2D eigenvalue weighted by atomic mass is 32.1. The number of aromatic nitrogens is 3. The number of thiocarbonyl (C=S) groups is 1. The number of nitrogens with zero attached hydrogens (tertiary/aromatic N) is 3. The van der Waals surface area contributed by atoms with Gasteiger partial charge in [-0.3, -0.25) is 4.79 Å². The smallest absolute Gasteiger partial charge is 0.251 e. The molecule has 0 saturated heterocycles. The van der Waals surface area contributed by atoms with E-state index in [9.17, 15) is 4.79 Å². The molecule has 2 aromatic heterocycles. The normalized spacial score (nSPS) is 10.1. The van der Waals surface area contributed by atoms with E-state index in [0.29, 0.717) is 17.1 Å². The minimum atomic E-state index is -0.540. The van der Waals surface area contributed by atoms with Crippen LogP contribution in [0, 0.1) is 0 Å². The van der Waals surface area contributed by atoms with Crippen LogP contribution < -0.4 is 11.5 Å². The van der Waals surface area contributed by atoms with Gasteiger partial charge in [-0.15, -0.1) is 0 Å². The van der Waals surface area contributed by atoms with Crippen molar-refractivity contribution in [2.45, 2.75) is 0 Å². The van der Waals surface area contributed by atoms with Crippen LogP contribution in [0.2, 0.25) is 0 Å². The SMILES string of the molecule is NC(=O)c1cnn(-c2cccc(C(N)=S)n2)c1. The molecule has 0 saturated carbocycles. The first-order valence-corrected chi connectivity index (χ1v) is 5.10. The standard InChI is InChI=1S/C10H9N5OS/c11-9(16)6-4-13-15(5-6)8-3-1-2-7(14-8)10(12)17/h1-5H,(H2,11,16)(H2,12,17). The van der Waals surface area contributed by atoms with Crippen molar-refractivity contribution < 1.29 is 4.79 Å². The lowest BCUT2D eigenvalue weighted by Gasteiger charge is -2.02. The van der Waals surface area contributed by atoms with Crippen molar-refractivity contribution >= 4 is 23.1 Å². The second-order valence-electron chi connectivity index (χ2n) is 3.28. The van der Waals surface area contributed by atoms with Gasteiger partial charge in [0.05, 0.1) is 17.5 Å². The van der Waals surface area contributed by atoms with Gasteiger partial charge < -0.3 is 11.5 Å². The molecule has 4 N–H and O–H groups in total. The number of pyridine rings is 1. The summed E-state index contributed by atoms with van der Waals surface area (Å²) < 4.78 is 1.43. The lowest BCUT2D eigenvalue weighted by Crippen LogP contribution is -2.13. The van der Waals surface area contributed by atoms with E-state index in [1.807, 2.05) is 0 Å². The highest BCUT2D eigenvalue weighted by Gasteiger charge is 2.07. The van der Waals surface area contributed by atoms with Crippen molar-refractivity contribution in [3.05, 3.63) is 41.9 Å². The summed E-state index contributed by atoms with van der Waals surface area (Å²) >= 11 is 4.83. The molecule has 6 nitrogen and oxygen atoms in total. The summed E-state index contributed by atoms with van der Waals surface area (Å²) in [6, 6.07) is 5.17. The predicted molar refractivity (Wildman–Crippen MR) is 65.8 cm³/mol. The summed E-state index contributed by atoms with van der Waals surface area (Å²) in [5, 5.41) is 3.98. The number of carbonyl (C=O) groups excluding carboxylic acids is 1. The Kier molecular flexibility index (Phi) is 2.84. The first kappa shape index (κ1) is 11.2. The van der Waals surface area contributed by atoms with Gasteiger partial charge in [-0.05, 0) is 12.1 Å². The molecule has 17 heavy (non-hydrogen) atoms. The van der Waals surface area contributed by atoms with E-state index in [-0.39, 0.29) is 4.99 Å². The summed E-state index contributed by atoms with van der Waals surface area (Å²) in [5.74, 6) is -0.0236. The van der Waals surface area contributed by atoms with Gasteiger partial charge in [0.2, 0.25) is 0 Å². The van der Waals surface area contributed by atoms with Gasteiger partial charge in [0.15, 0.2) is 5.82 Å². The van der Waals surface area contributed by atoms with Crippen LogP contribution in [-0.4, -0.2) is 25.7 Å². The van der Waals surface area contributed by atoms with E-state index >= 15 is 0 Å². The highest BCUT2D eigenvalue weighted by Crippen LogP contribution is 2.06. The number of carbonyl (C=O) groups is 1. The average molecular weight is 247 g/mol. The molecule has 0 unspecified atom stereocenters. The second-order valence-corrected chi connectivity index (χ2v) is 3.72. The Labute approximate surface area is 102 Å². The van der Waals surface area contributed by atoms with Crippen molar-refractivity contribution in [1.82, 2.24) is 14.8 Å². The minimum Gasteiger partial charge on any atom is -0.388 e. The van der Waals surface area contributed by atoms with Crippen LogP contribution in [0.25, 0.3) is 5.82 Å². The van der Waals surface area contributed by atoms with Gasteiger partial charge in [0, 0.05) is 6.20 Å². The molecule has 0 atom stereocenters. The molecular weight excluding hydrogens is 238 g/mol. The van der Waals surface area contributed by atoms with Crippen LogP contribution in [0.5, 0.6) is 0 Å². The number of nitrogens with two attached hydrogens (primary N) is 2. The topological polar surface area (TPSA) is 99.8 Å². The first-order chi connectivity index (χ1) is 8.08. The third-order valence-corrected chi connectivity index (χ3v) is 2.30. The van der Waals surface area contributed by atoms with Gasteiger partial charge in [-0.25, -0.2) is 9.67 Å². The Bertz CT molecular complexity index is 592.